The lowest BCUT2D eigenvalue weighted by molar-refractivity contribution is -0.157. The highest BCUT2D eigenvalue weighted by Crippen LogP contribution is 2.49. The van der Waals surface area contributed by atoms with E-state index in [9.17, 15) is 14.7 Å². The normalized spacial score (nSPS) is 29.9. The average Bonchev–Trinajstić information content (AvgIpc) is 2.35. The molecule has 0 saturated heterocycles. The SMILES string of the molecule is CC1CCC(C(C)C)C(C(C)(CCC(=O)O)C(=O)O)C1. The highest BCUT2D eigenvalue weighted by atomic mass is 16.4. The van der Waals surface area contributed by atoms with Crippen molar-refractivity contribution in [2.45, 2.75) is 59.8 Å². The maximum atomic E-state index is 11.8. The maximum absolute atomic E-state index is 11.8. The Morgan fingerprint density at radius 1 is 1.25 bits per heavy atom. The predicted molar refractivity (Wildman–Crippen MR) is 77.4 cm³/mol. The van der Waals surface area contributed by atoms with Crippen molar-refractivity contribution < 1.29 is 19.8 Å². The van der Waals surface area contributed by atoms with E-state index >= 15 is 0 Å². The summed E-state index contributed by atoms with van der Waals surface area (Å²) in [5, 5.41) is 18.6. The van der Waals surface area contributed by atoms with Gasteiger partial charge in [0.25, 0.3) is 0 Å². The van der Waals surface area contributed by atoms with E-state index < -0.39 is 17.4 Å². The first-order valence-electron chi connectivity index (χ1n) is 7.63. The molecule has 1 saturated carbocycles. The molecule has 0 aromatic heterocycles. The van der Waals surface area contributed by atoms with Crippen LogP contribution in [0.15, 0.2) is 0 Å². The van der Waals surface area contributed by atoms with E-state index in [0.717, 1.165) is 19.3 Å². The molecule has 2 N–H and O–H groups in total. The molecule has 20 heavy (non-hydrogen) atoms. The van der Waals surface area contributed by atoms with Crippen molar-refractivity contribution in [1.82, 2.24) is 0 Å². The summed E-state index contributed by atoms with van der Waals surface area (Å²) in [5.41, 5.74) is -0.929. The van der Waals surface area contributed by atoms with Crippen LogP contribution in [0.3, 0.4) is 0 Å². The lowest BCUT2D eigenvalue weighted by Gasteiger charge is -2.45. The first kappa shape index (κ1) is 17.0. The van der Waals surface area contributed by atoms with Crippen LogP contribution in [0.4, 0.5) is 0 Å². The fraction of sp³-hybridized carbons (Fsp3) is 0.875. The second kappa shape index (κ2) is 6.59. The smallest absolute Gasteiger partial charge is 0.309 e. The molecule has 0 aromatic rings. The Bertz CT molecular complexity index is 363. The summed E-state index contributed by atoms with van der Waals surface area (Å²) in [6, 6.07) is 0. The fourth-order valence-corrected chi connectivity index (χ4v) is 3.75. The number of hydrogen-bond donors (Lipinski definition) is 2. The standard InChI is InChI=1S/C16H28O4/c1-10(2)12-6-5-11(3)9-13(12)16(4,15(19)20)8-7-14(17)18/h10-13H,5-9H2,1-4H3,(H,17,18)(H,19,20). The molecule has 116 valence electrons. The van der Waals surface area contributed by atoms with Crippen molar-refractivity contribution in [1.29, 1.82) is 0 Å². The molecule has 0 amide bonds. The quantitative estimate of drug-likeness (QED) is 0.780. The molecule has 4 nitrogen and oxygen atoms in total. The van der Waals surface area contributed by atoms with Gasteiger partial charge in [-0.1, -0.05) is 27.2 Å². The molecule has 1 fully saturated rings. The molecular formula is C16H28O4. The van der Waals surface area contributed by atoms with Crippen LogP contribution in [0.5, 0.6) is 0 Å². The Morgan fingerprint density at radius 3 is 2.30 bits per heavy atom. The molecule has 0 aliphatic heterocycles. The summed E-state index contributed by atoms with van der Waals surface area (Å²) < 4.78 is 0. The third kappa shape index (κ3) is 3.74. The van der Waals surface area contributed by atoms with Gasteiger partial charge in [0.05, 0.1) is 5.41 Å². The molecular weight excluding hydrogens is 256 g/mol. The summed E-state index contributed by atoms with van der Waals surface area (Å²) >= 11 is 0. The zero-order chi connectivity index (χ0) is 15.5. The number of hydrogen-bond acceptors (Lipinski definition) is 2. The van der Waals surface area contributed by atoms with E-state index in [1.807, 2.05) is 0 Å². The van der Waals surface area contributed by atoms with Gasteiger partial charge in [0, 0.05) is 6.42 Å². The van der Waals surface area contributed by atoms with Crippen molar-refractivity contribution in [3.05, 3.63) is 0 Å². The summed E-state index contributed by atoms with van der Waals surface area (Å²) in [5.74, 6) is -0.343. The first-order valence-corrected chi connectivity index (χ1v) is 7.63. The van der Waals surface area contributed by atoms with Gasteiger partial charge in [-0.3, -0.25) is 9.59 Å². The monoisotopic (exact) mass is 284 g/mol. The van der Waals surface area contributed by atoms with Crippen molar-refractivity contribution in [2.24, 2.45) is 29.1 Å². The minimum atomic E-state index is -0.929. The summed E-state index contributed by atoms with van der Waals surface area (Å²) in [6.45, 7) is 8.21. The predicted octanol–water partition coefficient (Wildman–Crippen LogP) is 3.65. The van der Waals surface area contributed by atoms with Gasteiger partial charge in [-0.05, 0) is 49.9 Å². The average molecular weight is 284 g/mol. The lowest BCUT2D eigenvalue weighted by atomic mass is 9.58. The van der Waals surface area contributed by atoms with Crippen LogP contribution in [0.1, 0.15) is 59.8 Å². The van der Waals surface area contributed by atoms with E-state index in [1.165, 1.54) is 0 Å². The molecule has 0 spiro atoms. The maximum Gasteiger partial charge on any atom is 0.309 e. The molecule has 4 atom stereocenters. The minimum absolute atomic E-state index is 0.0709. The van der Waals surface area contributed by atoms with Gasteiger partial charge in [0.1, 0.15) is 0 Å². The van der Waals surface area contributed by atoms with Crippen molar-refractivity contribution in [2.75, 3.05) is 0 Å². The van der Waals surface area contributed by atoms with E-state index in [0.29, 0.717) is 17.8 Å². The van der Waals surface area contributed by atoms with Crippen LogP contribution in [-0.4, -0.2) is 22.2 Å². The molecule has 1 rings (SSSR count). The van der Waals surface area contributed by atoms with Crippen LogP contribution >= 0.6 is 0 Å². The minimum Gasteiger partial charge on any atom is -0.481 e. The molecule has 0 radical (unpaired) electrons. The molecule has 0 aromatic carbocycles. The summed E-state index contributed by atoms with van der Waals surface area (Å²) in [4.78, 5) is 22.7. The molecule has 4 unspecified atom stereocenters. The van der Waals surface area contributed by atoms with Gasteiger partial charge >= 0.3 is 11.9 Å². The summed E-state index contributed by atoms with van der Waals surface area (Å²) in [7, 11) is 0. The van der Waals surface area contributed by atoms with Crippen LogP contribution in [0, 0.1) is 29.1 Å². The van der Waals surface area contributed by atoms with Gasteiger partial charge in [-0.2, -0.15) is 0 Å². The molecule has 0 bridgehead atoms. The van der Waals surface area contributed by atoms with Crippen molar-refractivity contribution >= 4 is 11.9 Å². The van der Waals surface area contributed by atoms with Gasteiger partial charge < -0.3 is 10.2 Å². The van der Waals surface area contributed by atoms with Gasteiger partial charge in [-0.15, -0.1) is 0 Å². The zero-order valence-electron chi connectivity index (χ0n) is 13.1. The van der Waals surface area contributed by atoms with E-state index in [-0.39, 0.29) is 18.8 Å². The van der Waals surface area contributed by atoms with Crippen molar-refractivity contribution in [3.63, 3.8) is 0 Å². The number of carboxylic acids is 2. The Kier molecular flexibility index (Phi) is 5.60. The zero-order valence-corrected chi connectivity index (χ0v) is 13.1. The Hall–Kier alpha value is -1.06. The lowest BCUT2D eigenvalue weighted by Crippen LogP contribution is -2.44. The Morgan fingerprint density at radius 2 is 1.85 bits per heavy atom. The molecule has 4 heteroatoms. The van der Waals surface area contributed by atoms with Crippen LogP contribution in [0.2, 0.25) is 0 Å². The fourth-order valence-electron chi connectivity index (χ4n) is 3.75. The van der Waals surface area contributed by atoms with Gasteiger partial charge in [-0.25, -0.2) is 0 Å². The topological polar surface area (TPSA) is 74.6 Å². The largest absolute Gasteiger partial charge is 0.481 e. The molecule has 0 heterocycles. The second-order valence-electron chi connectivity index (χ2n) is 7.05. The number of aliphatic carboxylic acids is 2. The summed E-state index contributed by atoms with van der Waals surface area (Å²) in [6.07, 6.45) is 3.25. The van der Waals surface area contributed by atoms with Crippen LogP contribution < -0.4 is 0 Å². The third-order valence-electron chi connectivity index (χ3n) is 5.19. The van der Waals surface area contributed by atoms with Crippen molar-refractivity contribution in [3.8, 4) is 0 Å². The van der Waals surface area contributed by atoms with E-state index in [2.05, 4.69) is 20.8 Å². The van der Waals surface area contributed by atoms with Gasteiger partial charge in [0.15, 0.2) is 0 Å². The Balaban J connectivity index is 3.01. The number of carboxylic acid groups (broad SMARTS) is 2. The molecule has 1 aliphatic carbocycles. The Labute approximate surface area is 121 Å². The number of carbonyl (C=O) groups is 2. The van der Waals surface area contributed by atoms with E-state index in [1.54, 1.807) is 6.92 Å². The van der Waals surface area contributed by atoms with Crippen LogP contribution in [-0.2, 0) is 9.59 Å². The third-order valence-corrected chi connectivity index (χ3v) is 5.19. The van der Waals surface area contributed by atoms with Crippen LogP contribution in [0.25, 0.3) is 0 Å². The highest BCUT2D eigenvalue weighted by molar-refractivity contribution is 5.76. The van der Waals surface area contributed by atoms with E-state index in [4.69, 9.17) is 5.11 Å². The highest BCUT2D eigenvalue weighted by Gasteiger charge is 2.47. The number of rotatable bonds is 6. The van der Waals surface area contributed by atoms with Gasteiger partial charge in [0.2, 0.25) is 0 Å². The molecule has 1 aliphatic rings. The first-order chi connectivity index (χ1) is 9.18. The second-order valence-corrected chi connectivity index (χ2v) is 7.05.